The first-order valence-corrected chi connectivity index (χ1v) is 5.07. The molecule has 0 spiro atoms. The van der Waals surface area contributed by atoms with Crippen LogP contribution in [0.25, 0.3) is 0 Å². The normalized spacial score (nSPS) is 11.0. The Labute approximate surface area is 75.6 Å². The highest BCUT2D eigenvalue weighted by molar-refractivity contribution is 7.46. The second-order valence-corrected chi connectivity index (χ2v) is 3.52. The third kappa shape index (κ3) is 3.46. The van der Waals surface area contributed by atoms with Crippen LogP contribution in [-0.4, -0.2) is 16.8 Å². The van der Waals surface area contributed by atoms with Crippen LogP contribution < -0.4 is 9.84 Å². The number of rotatable bonds is 3. The minimum atomic E-state index is -4.45. The summed E-state index contributed by atoms with van der Waals surface area (Å²) in [5.74, 6) is 0.139. The number of hydrogen-bond acceptors (Lipinski definition) is 3. The summed E-state index contributed by atoms with van der Waals surface area (Å²) in [4.78, 5) is 17.0. The molecule has 0 radical (unpaired) electrons. The minimum Gasteiger partial charge on any atom is -0.404 e. The van der Waals surface area contributed by atoms with Gasteiger partial charge in [0.15, 0.2) is 0 Å². The summed E-state index contributed by atoms with van der Waals surface area (Å²) in [6, 6.07) is 6.36. The molecule has 1 aromatic carbocycles. The van der Waals surface area contributed by atoms with Crippen molar-refractivity contribution in [3.05, 3.63) is 24.3 Å². The zero-order valence-corrected chi connectivity index (χ0v) is 7.86. The molecule has 5 nitrogen and oxygen atoms in total. The van der Waals surface area contributed by atoms with Gasteiger partial charge in [0.1, 0.15) is 5.75 Å². The fourth-order valence-electron chi connectivity index (χ4n) is 0.846. The molecule has 6 heteroatoms. The zero-order chi connectivity index (χ0) is 9.90. The van der Waals surface area contributed by atoms with E-state index in [1.807, 2.05) is 0 Å². The predicted octanol–water partition coefficient (Wildman–Crippen LogP) is 1.20. The average Bonchev–Trinajstić information content (AvgIpc) is 2.01. The molecule has 0 aliphatic heterocycles. The summed E-state index contributed by atoms with van der Waals surface area (Å²) in [7, 11) is -2.74. The van der Waals surface area contributed by atoms with Gasteiger partial charge in [-0.05, 0) is 12.1 Å². The maximum atomic E-state index is 10.5. The molecule has 1 rings (SSSR count). The molecule has 72 valence electrons. The Bertz CT molecular complexity index is 335. The van der Waals surface area contributed by atoms with Crippen molar-refractivity contribution in [1.82, 2.24) is 0 Å². The van der Waals surface area contributed by atoms with Crippen molar-refractivity contribution in [3.8, 4) is 5.75 Å². The third-order valence-electron chi connectivity index (χ3n) is 1.35. The van der Waals surface area contributed by atoms with Crippen LogP contribution in [0.3, 0.4) is 0 Å². The van der Waals surface area contributed by atoms with Crippen LogP contribution in [-0.2, 0) is 4.57 Å². The molecule has 3 N–H and O–H groups in total. The first-order chi connectivity index (χ1) is 6.01. The van der Waals surface area contributed by atoms with Gasteiger partial charge in [-0.25, -0.2) is 4.57 Å². The van der Waals surface area contributed by atoms with Gasteiger partial charge in [-0.15, -0.1) is 0 Å². The molecule has 1 aromatic rings. The molecule has 0 saturated heterocycles. The van der Waals surface area contributed by atoms with Gasteiger partial charge in [0.25, 0.3) is 0 Å². The van der Waals surface area contributed by atoms with Crippen molar-refractivity contribution in [3.63, 3.8) is 0 Å². The molecule has 0 saturated carbocycles. The molecule has 0 aliphatic rings. The molecule has 0 aliphatic carbocycles. The Morgan fingerprint density at radius 2 is 2.15 bits per heavy atom. The van der Waals surface area contributed by atoms with Gasteiger partial charge in [-0.2, -0.15) is 0 Å². The van der Waals surface area contributed by atoms with Crippen molar-refractivity contribution < 1.29 is 18.9 Å². The molecule has 0 aromatic heterocycles. The zero-order valence-electron chi connectivity index (χ0n) is 6.97. The number of hydrogen-bond donors (Lipinski definition) is 3. The van der Waals surface area contributed by atoms with Gasteiger partial charge >= 0.3 is 7.82 Å². The quantitative estimate of drug-likeness (QED) is 0.643. The Morgan fingerprint density at radius 1 is 1.46 bits per heavy atom. The lowest BCUT2D eigenvalue weighted by Gasteiger charge is -2.07. The monoisotopic (exact) mass is 203 g/mol. The van der Waals surface area contributed by atoms with Crippen molar-refractivity contribution in [2.45, 2.75) is 0 Å². The van der Waals surface area contributed by atoms with Crippen LogP contribution in [0, 0.1) is 0 Å². The molecule has 0 unspecified atom stereocenters. The minimum absolute atomic E-state index is 0.139. The maximum Gasteiger partial charge on any atom is 0.524 e. The number of nitrogens with one attached hydrogen (secondary N) is 1. The van der Waals surface area contributed by atoms with Crippen LogP contribution in [0.4, 0.5) is 5.69 Å². The number of benzene rings is 1. The Kier molecular flexibility index (Phi) is 2.93. The fraction of sp³-hybridized carbons (Fsp3) is 0.143. The van der Waals surface area contributed by atoms with Gasteiger partial charge in [-0.3, -0.25) is 9.79 Å². The lowest BCUT2D eigenvalue weighted by Crippen LogP contribution is -1.92. The fourth-order valence-corrected chi connectivity index (χ4v) is 1.23. The topological polar surface area (TPSA) is 78.8 Å². The second-order valence-electron chi connectivity index (χ2n) is 2.36. The lowest BCUT2D eigenvalue weighted by atomic mass is 10.3. The van der Waals surface area contributed by atoms with Crippen LogP contribution in [0.15, 0.2) is 24.3 Å². The van der Waals surface area contributed by atoms with Crippen LogP contribution >= 0.6 is 7.82 Å². The molecule has 0 bridgehead atoms. The number of phosphoric acid groups is 1. The highest BCUT2D eigenvalue weighted by Gasteiger charge is 2.15. The number of anilines is 1. The molecular weight excluding hydrogens is 193 g/mol. The Hall–Kier alpha value is -1.03. The summed E-state index contributed by atoms with van der Waals surface area (Å²) in [5, 5.41) is 2.82. The summed E-state index contributed by atoms with van der Waals surface area (Å²) in [6.45, 7) is 0. The summed E-state index contributed by atoms with van der Waals surface area (Å²) in [6.07, 6.45) is 0. The van der Waals surface area contributed by atoms with Crippen LogP contribution in [0.2, 0.25) is 0 Å². The van der Waals surface area contributed by atoms with Gasteiger partial charge in [0.2, 0.25) is 0 Å². The summed E-state index contributed by atoms with van der Waals surface area (Å²) >= 11 is 0. The highest BCUT2D eigenvalue weighted by atomic mass is 31.2. The molecule has 13 heavy (non-hydrogen) atoms. The SMILES string of the molecule is CNc1cccc(OP(=O)(O)O)c1. The van der Waals surface area contributed by atoms with E-state index in [-0.39, 0.29) is 5.75 Å². The first-order valence-electron chi connectivity index (χ1n) is 3.54. The van der Waals surface area contributed by atoms with E-state index in [1.165, 1.54) is 12.1 Å². The molecule has 0 atom stereocenters. The van der Waals surface area contributed by atoms with Crippen molar-refractivity contribution in [2.24, 2.45) is 0 Å². The highest BCUT2D eigenvalue weighted by Crippen LogP contribution is 2.37. The second kappa shape index (κ2) is 3.79. The Balaban J connectivity index is 2.84. The average molecular weight is 203 g/mol. The summed E-state index contributed by atoms with van der Waals surface area (Å²) in [5.41, 5.74) is 0.728. The molecule has 0 amide bonds. The van der Waals surface area contributed by atoms with Gasteiger partial charge < -0.3 is 9.84 Å². The van der Waals surface area contributed by atoms with E-state index >= 15 is 0 Å². The van der Waals surface area contributed by atoms with E-state index in [0.717, 1.165) is 5.69 Å². The van der Waals surface area contributed by atoms with E-state index in [1.54, 1.807) is 19.2 Å². The van der Waals surface area contributed by atoms with Crippen molar-refractivity contribution in [2.75, 3.05) is 12.4 Å². The van der Waals surface area contributed by atoms with Crippen molar-refractivity contribution in [1.29, 1.82) is 0 Å². The predicted molar refractivity (Wildman–Crippen MR) is 48.7 cm³/mol. The van der Waals surface area contributed by atoms with Crippen LogP contribution in [0.5, 0.6) is 5.75 Å². The van der Waals surface area contributed by atoms with E-state index in [0.29, 0.717) is 0 Å². The molecule has 0 fully saturated rings. The lowest BCUT2D eigenvalue weighted by molar-refractivity contribution is 0.283. The maximum absolute atomic E-state index is 10.5. The largest absolute Gasteiger partial charge is 0.524 e. The van der Waals surface area contributed by atoms with E-state index in [9.17, 15) is 4.57 Å². The van der Waals surface area contributed by atoms with Gasteiger partial charge in [0, 0.05) is 18.8 Å². The van der Waals surface area contributed by atoms with Crippen LogP contribution in [0.1, 0.15) is 0 Å². The first kappa shape index (κ1) is 10.1. The van der Waals surface area contributed by atoms with Gasteiger partial charge in [0.05, 0.1) is 0 Å². The van der Waals surface area contributed by atoms with Gasteiger partial charge in [-0.1, -0.05) is 6.07 Å². The van der Waals surface area contributed by atoms with E-state index in [2.05, 4.69) is 9.84 Å². The number of phosphoric ester groups is 1. The summed E-state index contributed by atoms with van der Waals surface area (Å²) < 4.78 is 14.8. The van der Waals surface area contributed by atoms with E-state index < -0.39 is 7.82 Å². The van der Waals surface area contributed by atoms with E-state index in [4.69, 9.17) is 9.79 Å². The molecular formula is C7H10NO4P. The smallest absolute Gasteiger partial charge is 0.404 e. The third-order valence-corrected chi connectivity index (χ3v) is 1.80. The Morgan fingerprint density at radius 3 is 2.69 bits per heavy atom. The standard InChI is InChI=1S/C7H10NO4P/c1-8-6-3-2-4-7(5-6)12-13(9,10)11/h2-5,8H,1H3,(H2,9,10,11). The molecule has 0 heterocycles. The van der Waals surface area contributed by atoms with Crippen molar-refractivity contribution >= 4 is 13.5 Å².